The van der Waals surface area contributed by atoms with Gasteiger partial charge in [0, 0.05) is 14.1 Å². The third-order valence-electron chi connectivity index (χ3n) is 7.82. The summed E-state index contributed by atoms with van der Waals surface area (Å²) in [4.78, 5) is 31.3. The predicted molar refractivity (Wildman–Crippen MR) is 163 cm³/mol. The summed E-state index contributed by atoms with van der Waals surface area (Å²) in [7, 11) is 2.63. The Morgan fingerprint density at radius 3 is 1.95 bits per heavy atom. The van der Waals surface area contributed by atoms with Gasteiger partial charge in [-0.1, -0.05) is 91.0 Å². The Bertz CT molecular complexity index is 1670. The molecule has 0 amide bonds. The number of nitrogens with zero attached hydrogens (tertiary/aromatic N) is 3. The smallest absolute Gasteiger partial charge is 0.333 e. The maximum Gasteiger partial charge on any atom is 0.333 e. The molecule has 230 valence electrons. The van der Waals surface area contributed by atoms with Gasteiger partial charge in [-0.15, -0.1) is 0 Å². The summed E-state index contributed by atoms with van der Waals surface area (Å²) in [5, 5.41) is 43.4. The van der Waals surface area contributed by atoms with E-state index in [-0.39, 0.29) is 17.9 Å². The average Bonchev–Trinajstić information content (AvgIpc) is 3.06. The molecule has 4 N–H and O–H groups in total. The van der Waals surface area contributed by atoms with Crippen molar-refractivity contribution in [2.24, 2.45) is 19.1 Å². The van der Waals surface area contributed by atoms with Crippen LogP contribution in [0, 0.1) is 0 Å². The summed E-state index contributed by atoms with van der Waals surface area (Å²) in [6, 6.07) is 26.2. The van der Waals surface area contributed by atoms with Gasteiger partial charge in [-0.05, 0) is 16.7 Å². The molecule has 0 spiro atoms. The number of hydrogen-bond donors (Lipinski definition) is 4. The van der Waals surface area contributed by atoms with Crippen LogP contribution < -0.4 is 11.2 Å². The first-order valence-corrected chi connectivity index (χ1v) is 14.2. The minimum absolute atomic E-state index is 0.0201. The molecule has 11 nitrogen and oxygen atoms in total. The Labute approximate surface area is 253 Å². The zero-order valence-corrected chi connectivity index (χ0v) is 24.3. The molecule has 1 fully saturated rings. The van der Waals surface area contributed by atoms with Gasteiger partial charge in [-0.2, -0.15) is 0 Å². The normalized spacial score (nSPS) is 22.3. The number of hydrogen-bond acceptors (Lipinski definition) is 9. The van der Waals surface area contributed by atoms with Crippen molar-refractivity contribution in [3.05, 3.63) is 134 Å². The first-order chi connectivity index (χ1) is 21.2. The molecule has 44 heavy (non-hydrogen) atoms. The first kappa shape index (κ1) is 31.0. The Kier molecular flexibility index (Phi) is 9.52. The van der Waals surface area contributed by atoms with Crippen LogP contribution in [-0.2, 0) is 30.2 Å². The Balaban J connectivity index is 1.75. The Hall–Kier alpha value is -4.39. The number of aliphatic hydroxyl groups excluding tert-OH is 3. The lowest BCUT2D eigenvalue weighted by molar-refractivity contribution is -0.268. The van der Waals surface area contributed by atoms with Gasteiger partial charge in [0.25, 0.3) is 5.56 Å². The Morgan fingerprint density at radius 2 is 1.41 bits per heavy atom. The number of aliphatic hydroxyl groups is 3. The van der Waals surface area contributed by atoms with Gasteiger partial charge in [0.1, 0.15) is 29.9 Å². The van der Waals surface area contributed by atoms with Gasteiger partial charge in [0.05, 0.1) is 24.8 Å². The lowest BCUT2D eigenvalue weighted by atomic mass is 9.84. The summed E-state index contributed by atoms with van der Waals surface area (Å²) < 4.78 is 13.8. The standard InChI is InChI=1S/C33H35N3O8/c1-35-30(40)25(31(41)36(2)33(35)42)26(24(21-14-8-4-9-15-21)22-16-10-5-11-17-22)34-27-29(39)28(38)23(18-37)44-32(27)43-19-20-12-6-3-7-13-20/h3-17,23-24,27-29,32,37-40H,18-19H2,1-2H3/t23-,27+,28-,29-,32+/m1/s1. The molecule has 5 atom stereocenters. The second kappa shape index (κ2) is 13.5. The van der Waals surface area contributed by atoms with E-state index in [0.29, 0.717) is 11.1 Å². The van der Waals surface area contributed by atoms with E-state index in [9.17, 15) is 30.0 Å². The molecule has 1 aromatic heterocycles. The minimum atomic E-state index is -1.60. The largest absolute Gasteiger partial charge is 0.494 e. The summed E-state index contributed by atoms with van der Waals surface area (Å²) in [6.45, 7) is -0.535. The van der Waals surface area contributed by atoms with Gasteiger partial charge in [-0.3, -0.25) is 18.9 Å². The van der Waals surface area contributed by atoms with Crippen LogP contribution in [0.3, 0.4) is 0 Å². The molecule has 0 aliphatic carbocycles. The van der Waals surface area contributed by atoms with E-state index in [1.807, 2.05) is 91.0 Å². The lowest BCUT2D eigenvalue weighted by Crippen LogP contribution is -2.58. The summed E-state index contributed by atoms with van der Waals surface area (Å²) in [5.41, 5.74) is 0.424. The second-order valence-corrected chi connectivity index (χ2v) is 10.7. The minimum Gasteiger partial charge on any atom is -0.494 e. The van der Waals surface area contributed by atoms with Crippen LogP contribution in [0.4, 0.5) is 0 Å². The monoisotopic (exact) mass is 601 g/mol. The SMILES string of the molecule is Cn1c(O)c(C(=N[C@@H]2[C@@H](OCc3ccccc3)O[C@H](CO)[C@@H](O)[C@@H]2O)C(c2ccccc2)c2ccccc2)c(=O)n(C)c1=O. The number of aliphatic imine (C=N–C) groups is 1. The van der Waals surface area contributed by atoms with Gasteiger partial charge in [0.2, 0.25) is 5.88 Å². The topological polar surface area (TPSA) is 156 Å². The van der Waals surface area contributed by atoms with E-state index >= 15 is 0 Å². The van der Waals surface area contributed by atoms with Crippen LogP contribution in [0.2, 0.25) is 0 Å². The lowest BCUT2D eigenvalue weighted by Gasteiger charge is -2.41. The first-order valence-electron chi connectivity index (χ1n) is 14.2. The van der Waals surface area contributed by atoms with Crippen LogP contribution in [0.25, 0.3) is 0 Å². The van der Waals surface area contributed by atoms with Gasteiger partial charge in [0.15, 0.2) is 6.29 Å². The zero-order valence-electron chi connectivity index (χ0n) is 24.3. The van der Waals surface area contributed by atoms with Crippen molar-refractivity contribution in [2.45, 2.75) is 43.2 Å². The van der Waals surface area contributed by atoms with Gasteiger partial charge in [-0.25, -0.2) is 4.79 Å². The molecular formula is C33H35N3O8. The van der Waals surface area contributed by atoms with Crippen LogP contribution in [0.15, 0.2) is 106 Å². The highest BCUT2D eigenvalue weighted by atomic mass is 16.7. The number of ether oxygens (including phenoxy) is 2. The third-order valence-corrected chi connectivity index (χ3v) is 7.82. The fourth-order valence-corrected chi connectivity index (χ4v) is 5.40. The van der Waals surface area contributed by atoms with E-state index in [1.54, 1.807) is 0 Å². The highest BCUT2D eigenvalue weighted by Gasteiger charge is 2.46. The highest BCUT2D eigenvalue weighted by Crippen LogP contribution is 2.33. The molecule has 4 aromatic rings. The molecule has 0 saturated carbocycles. The van der Waals surface area contributed by atoms with Crippen LogP contribution in [-0.4, -0.2) is 72.5 Å². The number of rotatable bonds is 9. The molecule has 0 unspecified atom stereocenters. The molecule has 3 aromatic carbocycles. The summed E-state index contributed by atoms with van der Waals surface area (Å²) >= 11 is 0. The Morgan fingerprint density at radius 1 is 0.864 bits per heavy atom. The predicted octanol–water partition coefficient (Wildman–Crippen LogP) is 1.44. The average molecular weight is 602 g/mol. The fourth-order valence-electron chi connectivity index (χ4n) is 5.40. The second-order valence-electron chi connectivity index (χ2n) is 10.7. The maximum absolute atomic E-state index is 13.8. The fraction of sp³-hybridized carbons (Fsp3) is 0.303. The molecule has 11 heteroatoms. The molecule has 1 saturated heterocycles. The zero-order chi connectivity index (χ0) is 31.4. The van der Waals surface area contributed by atoms with E-state index in [1.165, 1.54) is 14.1 Å². The molecule has 1 aliphatic heterocycles. The van der Waals surface area contributed by atoms with E-state index in [0.717, 1.165) is 14.7 Å². The van der Waals surface area contributed by atoms with Gasteiger partial charge < -0.3 is 29.9 Å². The van der Waals surface area contributed by atoms with Crippen LogP contribution in [0.5, 0.6) is 5.88 Å². The summed E-state index contributed by atoms with van der Waals surface area (Å²) in [6.07, 6.45) is -5.58. The van der Waals surface area contributed by atoms with E-state index in [4.69, 9.17) is 14.5 Å². The van der Waals surface area contributed by atoms with Crippen molar-refractivity contribution in [1.29, 1.82) is 0 Å². The molecular weight excluding hydrogens is 566 g/mol. The molecule has 1 aliphatic rings. The number of aromatic nitrogens is 2. The van der Waals surface area contributed by atoms with Gasteiger partial charge >= 0.3 is 5.69 Å². The van der Waals surface area contributed by atoms with Crippen molar-refractivity contribution in [2.75, 3.05) is 6.61 Å². The molecule has 0 bridgehead atoms. The van der Waals surface area contributed by atoms with Crippen molar-refractivity contribution < 1.29 is 29.9 Å². The van der Waals surface area contributed by atoms with Crippen molar-refractivity contribution in [3.63, 3.8) is 0 Å². The van der Waals surface area contributed by atoms with Crippen LogP contribution >= 0.6 is 0 Å². The van der Waals surface area contributed by atoms with Crippen molar-refractivity contribution in [1.82, 2.24) is 9.13 Å². The van der Waals surface area contributed by atoms with E-state index in [2.05, 4.69) is 0 Å². The number of benzene rings is 3. The van der Waals surface area contributed by atoms with Crippen LogP contribution in [0.1, 0.15) is 28.2 Å². The maximum atomic E-state index is 13.8. The van der Waals surface area contributed by atoms with Crippen molar-refractivity contribution in [3.8, 4) is 5.88 Å². The molecule has 5 rings (SSSR count). The molecule has 0 radical (unpaired) electrons. The van der Waals surface area contributed by atoms with E-state index < -0.39 is 60.3 Å². The van der Waals surface area contributed by atoms with Crippen molar-refractivity contribution >= 4 is 5.71 Å². The summed E-state index contributed by atoms with van der Waals surface area (Å²) in [5.74, 6) is -1.39. The highest BCUT2D eigenvalue weighted by molar-refractivity contribution is 6.08. The third kappa shape index (κ3) is 6.14. The quantitative estimate of drug-likeness (QED) is 0.210. The molecule has 2 heterocycles. The number of aromatic hydroxyl groups is 1.